The van der Waals surface area contributed by atoms with E-state index in [1.165, 1.54) is 12.1 Å². The van der Waals surface area contributed by atoms with Crippen LogP contribution >= 0.6 is 0 Å². The van der Waals surface area contributed by atoms with Crippen LogP contribution in [-0.4, -0.2) is 11.5 Å². The normalized spacial score (nSPS) is 10.5. The highest BCUT2D eigenvalue weighted by molar-refractivity contribution is 5.48. The Morgan fingerprint density at radius 2 is 1.74 bits per heavy atom. The van der Waals surface area contributed by atoms with Crippen molar-refractivity contribution in [2.75, 3.05) is 6.61 Å². The van der Waals surface area contributed by atoms with Crippen LogP contribution in [0.2, 0.25) is 0 Å². The van der Waals surface area contributed by atoms with E-state index < -0.39 is 4.92 Å². The minimum atomic E-state index is -0.431. The van der Waals surface area contributed by atoms with E-state index in [-0.39, 0.29) is 5.69 Å². The molecule has 2 aromatic rings. The number of rotatable bonds is 5. The minimum Gasteiger partial charge on any atom is -0.490 e. The van der Waals surface area contributed by atoms with Gasteiger partial charge in [0.15, 0.2) is 0 Å². The largest absolute Gasteiger partial charge is 0.490 e. The van der Waals surface area contributed by atoms with Crippen molar-refractivity contribution < 1.29 is 9.66 Å². The van der Waals surface area contributed by atoms with Crippen molar-refractivity contribution in [1.82, 2.24) is 0 Å². The van der Waals surface area contributed by atoms with Gasteiger partial charge in [-0.1, -0.05) is 36.4 Å². The molecule has 4 nitrogen and oxygen atoms in total. The molecule has 0 amide bonds. The third kappa shape index (κ3) is 3.96. The molecule has 0 saturated carbocycles. The number of non-ortho nitro benzene ring substituents is 1. The van der Waals surface area contributed by atoms with Crippen molar-refractivity contribution in [1.29, 1.82) is 0 Å². The van der Waals surface area contributed by atoms with E-state index in [1.54, 1.807) is 12.1 Å². The van der Waals surface area contributed by atoms with Gasteiger partial charge in [-0.05, 0) is 23.8 Å². The standard InChI is InChI=1S/C15H13NO3/c17-16(18)14-8-10-15(11-9-14)19-12-4-7-13-5-2-1-3-6-13/h1-11H,12H2/b7-4+. The summed E-state index contributed by atoms with van der Waals surface area (Å²) in [5.41, 5.74) is 1.17. The summed E-state index contributed by atoms with van der Waals surface area (Å²) in [5, 5.41) is 10.5. The quantitative estimate of drug-likeness (QED) is 0.604. The Morgan fingerprint density at radius 1 is 1.05 bits per heavy atom. The smallest absolute Gasteiger partial charge is 0.269 e. The molecule has 96 valence electrons. The fourth-order valence-electron chi connectivity index (χ4n) is 1.56. The molecule has 0 aromatic heterocycles. The van der Waals surface area contributed by atoms with Crippen LogP contribution in [0.4, 0.5) is 5.69 Å². The average molecular weight is 255 g/mol. The molecule has 0 aliphatic rings. The highest BCUT2D eigenvalue weighted by Gasteiger charge is 2.03. The van der Waals surface area contributed by atoms with E-state index in [1.807, 2.05) is 42.5 Å². The molecule has 0 spiro atoms. The molecule has 0 radical (unpaired) electrons. The Morgan fingerprint density at radius 3 is 2.37 bits per heavy atom. The fourth-order valence-corrected chi connectivity index (χ4v) is 1.56. The maximum atomic E-state index is 10.5. The van der Waals surface area contributed by atoms with Crippen LogP contribution in [0.5, 0.6) is 5.75 Å². The van der Waals surface area contributed by atoms with Gasteiger partial charge in [0, 0.05) is 12.1 Å². The first-order valence-electron chi connectivity index (χ1n) is 5.84. The average Bonchev–Trinajstić information content (AvgIpc) is 2.45. The lowest BCUT2D eigenvalue weighted by Gasteiger charge is -2.02. The lowest BCUT2D eigenvalue weighted by Crippen LogP contribution is -1.93. The van der Waals surface area contributed by atoms with Crippen molar-refractivity contribution in [2.24, 2.45) is 0 Å². The summed E-state index contributed by atoms with van der Waals surface area (Å²) < 4.78 is 5.45. The maximum absolute atomic E-state index is 10.5. The first kappa shape index (κ1) is 12.8. The van der Waals surface area contributed by atoms with Crippen LogP contribution in [0.3, 0.4) is 0 Å². The molecule has 0 fully saturated rings. The third-order valence-electron chi connectivity index (χ3n) is 2.50. The summed E-state index contributed by atoms with van der Waals surface area (Å²) in [4.78, 5) is 10.1. The van der Waals surface area contributed by atoms with E-state index in [4.69, 9.17) is 4.74 Å². The second kappa shape index (κ2) is 6.35. The molecule has 2 aromatic carbocycles. The number of nitro groups is 1. The Kier molecular flexibility index (Phi) is 4.29. The summed E-state index contributed by atoms with van der Waals surface area (Å²) in [7, 11) is 0. The third-order valence-corrected chi connectivity index (χ3v) is 2.50. The SMILES string of the molecule is O=[N+]([O-])c1ccc(OC/C=C/c2ccccc2)cc1. The van der Waals surface area contributed by atoms with Gasteiger partial charge in [0.05, 0.1) is 4.92 Å². The van der Waals surface area contributed by atoms with Crippen molar-refractivity contribution in [2.45, 2.75) is 0 Å². The molecule has 0 aliphatic heterocycles. The van der Waals surface area contributed by atoms with Gasteiger partial charge in [-0.3, -0.25) is 10.1 Å². The van der Waals surface area contributed by atoms with Crippen molar-refractivity contribution in [3.8, 4) is 5.75 Å². The zero-order valence-corrected chi connectivity index (χ0v) is 10.2. The molecule has 0 aliphatic carbocycles. The molecular weight excluding hydrogens is 242 g/mol. The molecule has 0 heterocycles. The topological polar surface area (TPSA) is 52.4 Å². The number of ether oxygens (including phenoxy) is 1. The van der Waals surface area contributed by atoms with E-state index in [0.717, 1.165) is 5.56 Å². The fraction of sp³-hybridized carbons (Fsp3) is 0.0667. The molecule has 0 saturated heterocycles. The number of benzene rings is 2. The monoisotopic (exact) mass is 255 g/mol. The van der Waals surface area contributed by atoms with Gasteiger partial charge in [-0.25, -0.2) is 0 Å². The van der Waals surface area contributed by atoms with E-state index in [9.17, 15) is 10.1 Å². The Bertz CT molecular complexity index is 562. The van der Waals surface area contributed by atoms with Gasteiger partial charge in [-0.2, -0.15) is 0 Å². The Balaban J connectivity index is 1.86. The van der Waals surface area contributed by atoms with Gasteiger partial charge in [0.25, 0.3) is 5.69 Å². The van der Waals surface area contributed by atoms with Crippen LogP contribution in [0.15, 0.2) is 60.7 Å². The molecule has 19 heavy (non-hydrogen) atoms. The van der Waals surface area contributed by atoms with Gasteiger partial charge < -0.3 is 4.74 Å². The molecule has 0 bridgehead atoms. The predicted molar refractivity (Wildman–Crippen MR) is 74.1 cm³/mol. The van der Waals surface area contributed by atoms with Crippen LogP contribution < -0.4 is 4.74 Å². The lowest BCUT2D eigenvalue weighted by molar-refractivity contribution is -0.384. The van der Waals surface area contributed by atoms with Crippen LogP contribution in [0.1, 0.15) is 5.56 Å². The van der Waals surface area contributed by atoms with Gasteiger partial charge in [-0.15, -0.1) is 0 Å². The number of nitrogens with zero attached hydrogens (tertiary/aromatic N) is 1. The molecule has 4 heteroatoms. The van der Waals surface area contributed by atoms with Crippen molar-refractivity contribution in [3.63, 3.8) is 0 Å². The summed E-state index contributed by atoms with van der Waals surface area (Å²) in [6.45, 7) is 0.423. The van der Waals surface area contributed by atoms with E-state index >= 15 is 0 Å². The second-order valence-corrected chi connectivity index (χ2v) is 3.88. The first-order valence-corrected chi connectivity index (χ1v) is 5.84. The van der Waals surface area contributed by atoms with Crippen LogP contribution in [-0.2, 0) is 0 Å². The number of hydrogen-bond acceptors (Lipinski definition) is 3. The maximum Gasteiger partial charge on any atom is 0.269 e. The summed E-state index contributed by atoms with van der Waals surface area (Å²) in [6, 6.07) is 15.9. The summed E-state index contributed by atoms with van der Waals surface area (Å²) in [5.74, 6) is 0.614. The molecular formula is C15H13NO3. The molecule has 0 atom stereocenters. The van der Waals surface area contributed by atoms with Gasteiger partial charge >= 0.3 is 0 Å². The minimum absolute atomic E-state index is 0.0622. The first-order chi connectivity index (χ1) is 9.25. The van der Waals surface area contributed by atoms with Crippen LogP contribution in [0, 0.1) is 10.1 Å². The molecule has 0 N–H and O–H groups in total. The predicted octanol–water partition coefficient (Wildman–Crippen LogP) is 3.69. The van der Waals surface area contributed by atoms with Gasteiger partial charge in [0.1, 0.15) is 12.4 Å². The number of nitro benzene ring substituents is 1. The van der Waals surface area contributed by atoms with E-state index in [2.05, 4.69) is 0 Å². The highest BCUT2D eigenvalue weighted by atomic mass is 16.6. The summed E-state index contributed by atoms with van der Waals surface area (Å²) >= 11 is 0. The summed E-state index contributed by atoms with van der Waals surface area (Å²) in [6.07, 6.45) is 3.86. The highest BCUT2D eigenvalue weighted by Crippen LogP contribution is 2.17. The number of hydrogen-bond donors (Lipinski definition) is 0. The zero-order valence-electron chi connectivity index (χ0n) is 10.2. The van der Waals surface area contributed by atoms with Crippen molar-refractivity contribution >= 4 is 11.8 Å². The Hall–Kier alpha value is -2.62. The Labute approximate surface area is 111 Å². The zero-order chi connectivity index (χ0) is 13.5. The molecule has 0 unspecified atom stereocenters. The van der Waals surface area contributed by atoms with E-state index in [0.29, 0.717) is 12.4 Å². The van der Waals surface area contributed by atoms with Crippen molar-refractivity contribution in [3.05, 3.63) is 76.4 Å². The molecule has 2 rings (SSSR count). The van der Waals surface area contributed by atoms with Crippen LogP contribution in [0.25, 0.3) is 6.08 Å². The lowest BCUT2D eigenvalue weighted by atomic mass is 10.2. The second-order valence-electron chi connectivity index (χ2n) is 3.88. The van der Waals surface area contributed by atoms with Gasteiger partial charge in [0.2, 0.25) is 0 Å².